The van der Waals surface area contributed by atoms with Gasteiger partial charge in [-0.05, 0) is 43.3 Å². The lowest BCUT2D eigenvalue weighted by Crippen LogP contribution is -2.10. The lowest BCUT2D eigenvalue weighted by atomic mass is 10.1. The van der Waals surface area contributed by atoms with Crippen LogP contribution in [0, 0.1) is 0 Å². The highest BCUT2D eigenvalue weighted by molar-refractivity contribution is 6.02. The van der Waals surface area contributed by atoms with Gasteiger partial charge in [-0.15, -0.1) is 0 Å². The van der Waals surface area contributed by atoms with Gasteiger partial charge in [0.2, 0.25) is 0 Å². The van der Waals surface area contributed by atoms with Crippen LogP contribution in [0.5, 0.6) is 5.75 Å². The van der Waals surface area contributed by atoms with Crippen molar-refractivity contribution in [2.45, 2.75) is 20.3 Å². The molecule has 0 saturated carbocycles. The molecule has 0 radical (unpaired) electrons. The number of furan rings is 1. The number of hydrogen-bond donors (Lipinski definition) is 1. The summed E-state index contributed by atoms with van der Waals surface area (Å²) in [5, 5.41) is 6.74. The summed E-state index contributed by atoms with van der Waals surface area (Å²) in [6.45, 7) is 1.97. The molecule has 3 rings (SSSR count). The van der Waals surface area contributed by atoms with Crippen LogP contribution in [0.15, 0.2) is 53.2 Å². The fourth-order valence-corrected chi connectivity index (χ4v) is 2.34. The summed E-state index contributed by atoms with van der Waals surface area (Å²) in [5.74, 6) is 0.888. The van der Waals surface area contributed by atoms with Crippen LogP contribution in [0.4, 0.5) is 5.69 Å². The summed E-state index contributed by atoms with van der Waals surface area (Å²) in [6.07, 6.45) is 3.17. The highest BCUT2D eigenvalue weighted by Gasteiger charge is 2.13. The van der Waals surface area contributed by atoms with Gasteiger partial charge < -0.3 is 19.2 Å². The molecule has 1 N–H and O–H groups in total. The third-order valence-electron chi connectivity index (χ3n) is 3.68. The van der Waals surface area contributed by atoms with E-state index in [1.54, 1.807) is 54.4 Å². The summed E-state index contributed by atoms with van der Waals surface area (Å²) in [4.78, 5) is 23.5. The number of aromatic nitrogens is 2. The number of ketones is 1. The molecule has 1 aromatic carbocycles. The zero-order valence-corrected chi connectivity index (χ0v) is 15.0. The van der Waals surface area contributed by atoms with Gasteiger partial charge in [-0.2, -0.15) is 5.10 Å². The predicted molar refractivity (Wildman–Crippen MR) is 96.7 cm³/mol. The molecule has 140 valence electrons. The van der Waals surface area contributed by atoms with Crippen LogP contribution in [0.25, 0.3) is 0 Å². The number of rotatable bonds is 8. The number of methoxy groups -OCH3 is 1. The molecule has 0 unspecified atom stereocenters. The number of carbonyl (C=O) groups is 2. The number of ether oxygens (including phenoxy) is 2. The average Bonchev–Trinajstić information content (AvgIpc) is 3.30. The lowest BCUT2D eigenvalue weighted by molar-refractivity contribution is 0.0990. The van der Waals surface area contributed by atoms with Gasteiger partial charge in [-0.1, -0.05) is 0 Å². The van der Waals surface area contributed by atoms with Crippen LogP contribution in [0.3, 0.4) is 0 Å². The van der Waals surface area contributed by atoms with E-state index in [1.165, 1.54) is 13.1 Å². The third kappa shape index (κ3) is 4.83. The fraction of sp³-hybridized carbons (Fsp3) is 0.211. The second-order valence-electron chi connectivity index (χ2n) is 5.78. The second kappa shape index (κ2) is 8.33. The Morgan fingerprint density at radius 3 is 2.67 bits per heavy atom. The molecule has 0 atom stereocenters. The molecule has 0 bridgehead atoms. The molecule has 0 spiro atoms. The number of nitrogens with zero attached hydrogens (tertiary/aromatic N) is 2. The van der Waals surface area contributed by atoms with E-state index in [0.29, 0.717) is 29.5 Å². The van der Waals surface area contributed by atoms with E-state index in [9.17, 15) is 9.59 Å². The smallest absolute Gasteiger partial charge is 0.291 e. The number of benzene rings is 1. The minimum atomic E-state index is -0.385. The van der Waals surface area contributed by atoms with Crippen LogP contribution >= 0.6 is 0 Å². The molecule has 8 heteroatoms. The van der Waals surface area contributed by atoms with Crippen molar-refractivity contribution < 1.29 is 23.5 Å². The van der Waals surface area contributed by atoms with E-state index in [0.717, 1.165) is 0 Å². The van der Waals surface area contributed by atoms with E-state index < -0.39 is 0 Å². The SMILES string of the molecule is COCn1cc(NC(=O)c2ccc(COc3ccc(C(C)=O)cc3)o2)cn1. The van der Waals surface area contributed by atoms with Gasteiger partial charge in [-0.25, -0.2) is 4.68 Å². The molecule has 0 fully saturated rings. The standard InChI is InChI=1S/C19H19N3O5/c1-13(23)14-3-5-16(6-4-14)26-11-17-7-8-18(27-17)19(24)21-15-9-20-22(10-15)12-25-2/h3-10H,11-12H2,1-2H3,(H,21,24). The highest BCUT2D eigenvalue weighted by Crippen LogP contribution is 2.17. The third-order valence-corrected chi connectivity index (χ3v) is 3.68. The Kier molecular flexibility index (Phi) is 5.68. The Bertz CT molecular complexity index is 927. The molecule has 3 aromatic rings. The molecular formula is C19H19N3O5. The Labute approximate surface area is 155 Å². The molecule has 1 amide bonds. The van der Waals surface area contributed by atoms with E-state index in [4.69, 9.17) is 13.9 Å². The summed E-state index contributed by atoms with van der Waals surface area (Å²) in [5.41, 5.74) is 1.16. The van der Waals surface area contributed by atoms with E-state index in [-0.39, 0.29) is 24.1 Å². The average molecular weight is 369 g/mol. The molecule has 0 aliphatic carbocycles. The van der Waals surface area contributed by atoms with Gasteiger partial charge in [0, 0.05) is 12.7 Å². The van der Waals surface area contributed by atoms with Crippen LogP contribution < -0.4 is 10.1 Å². The van der Waals surface area contributed by atoms with Crippen LogP contribution in [0.2, 0.25) is 0 Å². The minimum absolute atomic E-state index is 0.00370. The largest absolute Gasteiger partial charge is 0.486 e. The van der Waals surface area contributed by atoms with E-state index >= 15 is 0 Å². The number of nitrogens with one attached hydrogen (secondary N) is 1. The molecule has 2 heterocycles. The van der Waals surface area contributed by atoms with Crippen molar-refractivity contribution in [3.05, 3.63) is 65.9 Å². The molecule has 0 aliphatic heterocycles. The van der Waals surface area contributed by atoms with E-state index in [2.05, 4.69) is 10.4 Å². The fourth-order valence-electron chi connectivity index (χ4n) is 2.34. The Morgan fingerprint density at radius 2 is 1.96 bits per heavy atom. The topological polar surface area (TPSA) is 95.6 Å². The van der Waals surface area contributed by atoms with E-state index in [1.807, 2.05) is 0 Å². The Balaban J connectivity index is 1.55. The van der Waals surface area contributed by atoms with Crippen LogP contribution in [-0.2, 0) is 18.1 Å². The van der Waals surface area contributed by atoms with Crippen molar-refractivity contribution in [3.63, 3.8) is 0 Å². The quantitative estimate of drug-likeness (QED) is 0.613. The maximum absolute atomic E-state index is 12.2. The summed E-state index contributed by atoms with van der Waals surface area (Å²) < 4.78 is 17.6. The molecular weight excluding hydrogens is 350 g/mol. The Hall–Kier alpha value is -3.39. The lowest BCUT2D eigenvalue weighted by Gasteiger charge is -2.04. The maximum atomic E-state index is 12.2. The number of anilines is 1. The van der Waals surface area contributed by atoms with Crippen LogP contribution in [-0.4, -0.2) is 28.6 Å². The number of amides is 1. The first-order valence-electron chi connectivity index (χ1n) is 8.20. The van der Waals surface area contributed by atoms with Crippen molar-refractivity contribution in [1.82, 2.24) is 9.78 Å². The minimum Gasteiger partial charge on any atom is -0.486 e. The maximum Gasteiger partial charge on any atom is 0.291 e. The normalized spacial score (nSPS) is 10.6. The summed E-state index contributed by atoms with van der Waals surface area (Å²) in [7, 11) is 1.56. The first-order valence-corrected chi connectivity index (χ1v) is 8.20. The first-order chi connectivity index (χ1) is 13.0. The van der Waals surface area contributed by atoms with Crippen molar-refractivity contribution in [1.29, 1.82) is 0 Å². The van der Waals surface area contributed by atoms with Crippen molar-refractivity contribution in [3.8, 4) is 5.75 Å². The monoisotopic (exact) mass is 369 g/mol. The molecule has 8 nitrogen and oxygen atoms in total. The predicted octanol–water partition coefficient (Wildman–Crippen LogP) is 3.11. The zero-order valence-electron chi connectivity index (χ0n) is 15.0. The van der Waals surface area contributed by atoms with Crippen molar-refractivity contribution in [2.24, 2.45) is 0 Å². The number of Topliss-reactive ketones (excluding diaryl/α,β-unsaturated/α-hetero) is 1. The number of carbonyl (C=O) groups excluding carboxylic acids is 2. The highest BCUT2D eigenvalue weighted by atomic mass is 16.5. The summed E-state index contributed by atoms with van der Waals surface area (Å²) in [6, 6.07) is 10.1. The molecule has 0 aliphatic rings. The van der Waals surface area contributed by atoms with Gasteiger partial charge in [0.15, 0.2) is 11.5 Å². The second-order valence-corrected chi connectivity index (χ2v) is 5.78. The van der Waals surface area contributed by atoms with Crippen molar-refractivity contribution >= 4 is 17.4 Å². The molecule has 2 aromatic heterocycles. The first kappa shape index (κ1) is 18.4. The zero-order chi connectivity index (χ0) is 19.2. The molecule has 27 heavy (non-hydrogen) atoms. The molecule has 0 saturated heterocycles. The van der Waals surface area contributed by atoms with Gasteiger partial charge in [-0.3, -0.25) is 9.59 Å². The summed E-state index contributed by atoms with van der Waals surface area (Å²) >= 11 is 0. The van der Waals surface area contributed by atoms with Crippen molar-refractivity contribution in [2.75, 3.05) is 12.4 Å². The van der Waals surface area contributed by atoms with Gasteiger partial charge in [0.1, 0.15) is 24.8 Å². The van der Waals surface area contributed by atoms with Gasteiger partial charge in [0.25, 0.3) is 5.91 Å². The van der Waals surface area contributed by atoms with Gasteiger partial charge >= 0.3 is 0 Å². The number of hydrogen-bond acceptors (Lipinski definition) is 6. The van der Waals surface area contributed by atoms with Gasteiger partial charge in [0.05, 0.1) is 18.1 Å². The Morgan fingerprint density at radius 1 is 1.19 bits per heavy atom. The van der Waals surface area contributed by atoms with Crippen LogP contribution in [0.1, 0.15) is 33.6 Å².